The molecular weight excluding hydrogens is 266 g/mol. The van der Waals surface area contributed by atoms with E-state index >= 15 is 0 Å². The van der Waals surface area contributed by atoms with E-state index in [0.29, 0.717) is 13.2 Å². The summed E-state index contributed by atoms with van der Waals surface area (Å²) in [7, 11) is 1.96. The van der Waals surface area contributed by atoms with Gasteiger partial charge in [0.05, 0.1) is 13.2 Å². The summed E-state index contributed by atoms with van der Waals surface area (Å²) in [5, 5.41) is 7.57. The van der Waals surface area contributed by atoms with Crippen LogP contribution in [0.3, 0.4) is 0 Å². The van der Waals surface area contributed by atoms with Crippen LogP contribution in [-0.4, -0.2) is 29.5 Å². The van der Waals surface area contributed by atoms with E-state index in [1.165, 1.54) is 5.69 Å². The third-order valence-electron chi connectivity index (χ3n) is 3.18. The van der Waals surface area contributed by atoms with Crippen LogP contribution in [0, 0.1) is 0 Å². The molecular formula is C16H23N3O2. The van der Waals surface area contributed by atoms with Gasteiger partial charge in [-0.2, -0.15) is 5.10 Å². The minimum atomic E-state index is 0.624. The Bertz CT molecular complexity index is 566. The van der Waals surface area contributed by atoms with Gasteiger partial charge in [-0.25, -0.2) is 0 Å². The Kier molecular flexibility index (Phi) is 5.49. The summed E-state index contributed by atoms with van der Waals surface area (Å²) in [4.78, 5) is 0. The van der Waals surface area contributed by atoms with Crippen molar-refractivity contribution in [3.8, 4) is 11.5 Å². The zero-order valence-electron chi connectivity index (χ0n) is 12.9. The average molecular weight is 289 g/mol. The lowest BCUT2D eigenvalue weighted by molar-refractivity contribution is 0.288. The third kappa shape index (κ3) is 4.15. The van der Waals surface area contributed by atoms with Crippen molar-refractivity contribution >= 4 is 5.69 Å². The van der Waals surface area contributed by atoms with Crippen LogP contribution in [0.1, 0.15) is 19.5 Å². The molecule has 0 radical (unpaired) electrons. The predicted octanol–water partition coefficient (Wildman–Crippen LogP) is 2.87. The first-order chi connectivity index (χ1) is 10.2. The van der Waals surface area contributed by atoms with E-state index in [1.807, 2.05) is 56.0 Å². The van der Waals surface area contributed by atoms with E-state index < -0.39 is 0 Å². The minimum Gasteiger partial charge on any atom is -0.490 e. The van der Waals surface area contributed by atoms with E-state index in [4.69, 9.17) is 9.47 Å². The molecule has 0 aliphatic rings. The molecule has 0 aliphatic heterocycles. The van der Waals surface area contributed by atoms with Crippen molar-refractivity contribution in [2.45, 2.75) is 20.3 Å². The molecule has 0 spiro atoms. The van der Waals surface area contributed by atoms with Gasteiger partial charge in [-0.05, 0) is 32.0 Å². The van der Waals surface area contributed by atoms with E-state index in [1.54, 1.807) is 0 Å². The topological polar surface area (TPSA) is 48.3 Å². The first-order valence-corrected chi connectivity index (χ1v) is 7.35. The maximum Gasteiger partial charge on any atom is 0.163 e. The second kappa shape index (κ2) is 7.57. The lowest BCUT2D eigenvalue weighted by Crippen LogP contribution is -2.08. The van der Waals surface area contributed by atoms with Crippen LogP contribution < -0.4 is 14.8 Å². The van der Waals surface area contributed by atoms with Crippen molar-refractivity contribution in [3.63, 3.8) is 0 Å². The molecule has 0 saturated heterocycles. The van der Waals surface area contributed by atoms with Crippen LogP contribution in [0.2, 0.25) is 0 Å². The van der Waals surface area contributed by atoms with Gasteiger partial charge in [0, 0.05) is 43.7 Å². The average Bonchev–Trinajstić information content (AvgIpc) is 2.88. The Balaban J connectivity index is 1.96. The fourth-order valence-corrected chi connectivity index (χ4v) is 2.14. The van der Waals surface area contributed by atoms with Gasteiger partial charge in [-0.3, -0.25) is 4.68 Å². The second-order valence-corrected chi connectivity index (χ2v) is 4.65. The van der Waals surface area contributed by atoms with Crippen molar-refractivity contribution in [1.82, 2.24) is 9.78 Å². The Morgan fingerprint density at radius 1 is 1.10 bits per heavy atom. The second-order valence-electron chi connectivity index (χ2n) is 4.65. The third-order valence-corrected chi connectivity index (χ3v) is 3.18. The highest BCUT2D eigenvalue weighted by Crippen LogP contribution is 2.30. The lowest BCUT2D eigenvalue weighted by atomic mass is 10.2. The molecule has 0 saturated carbocycles. The number of anilines is 1. The molecule has 2 aromatic rings. The standard InChI is InChI=1S/C16H23N3O2/c1-4-20-15-7-6-13(12-16(15)21-5-2)17-10-8-14-9-11-18-19(14)3/h6-7,9,11-12,17H,4-5,8,10H2,1-3H3. The van der Waals surface area contributed by atoms with Gasteiger partial charge in [0.15, 0.2) is 11.5 Å². The number of ether oxygens (including phenoxy) is 2. The Labute approximate surface area is 125 Å². The molecule has 0 fully saturated rings. The van der Waals surface area contributed by atoms with Gasteiger partial charge in [0.25, 0.3) is 0 Å². The van der Waals surface area contributed by atoms with Crippen LogP contribution in [-0.2, 0) is 13.5 Å². The number of nitrogens with one attached hydrogen (secondary N) is 1. The molecule has 1 N–H and O–H groups in total. The summed E-state index contributed by atoms with van der Waals surface area (Å²) < 4.78 is 13.1. The Morgan fingerprint density at radius 2 is 1.86 bits per heavy atom. The number of aromatic nitrogens is 2. The van der Waals surface area contributed by atoms with Crippen molar-refractivity contribution in [2.24, 2.45) is 7.05 Å². The number of hydrogen-bond acceptors (Lipinski definition) is 4. The molecule has 1 aromatic carbocycles. The zero-order valence-corrected chi connectivity index (χ0v) is 12.9. The summed E-state index contributed by atoms with van der Waals surface area (Å²) >= 11 is 0. The first kappa shape index (κ1) is 15.2. The highest BCUT2D eigenvalue weighted by molar-refractivity contribution is 5.54. The maximum atomic E-state index is 5.62. The number of rotatable bonds is 8. The van der Waals surface area contributed by atoms with E-state index in [2.05, 4.69) is 10.4 Å². The smallest absolute Gasteiger partial charge is 0.163 e. The highest BCUT2D eigenvalue weighted by Gasteiger charge is 2.06. The van der Waals surface area contributed by atoms with E-state index in [0.717, 1.165) is 30.2 Å². The van der Waals surface area contributed by atoms with Crippen LogP contribution >= 0.6 is 0 Å². The fraction of sp³-hybridized carbons (Fsp3) is 0.438. The van der Waals surface area contributed by atoms with Gasteiger partial charge in [0.1, 0.15) is 0 Å². The Hall–Kier alpha value is -2.17. The van der Waals surface area contributed by atoms with Crippen LogP contribution in [0.25, 0.3) is 0 Å². The SMILES string of the molecule is CCOc1ccc(NCCc2ccnn2C)cc1OCC. The van der Waals surface area contributed by atoms with Crippen molar-refractivity contribution in [3.05, 3.63) is 36.2 Å². The molecule has 0 atom stereocenters. The molecule has 21 heavy (non-hydrogen) atoms. The molecule has 1 aromatic heterocycles. The number of benzene rings is 1. The van der Waals surface area contributed by atoms with E-state index in [-0.39, 0.29) is 0 Å². The van der Waals surface area contributed by atoms with Crippen LogP contribution in [0.4, 0.5) is 5.69 Å². The maximum absolute atomic E-state index is 5.62. The molecule has 0 amide bonds. The zero-order chi connectivity index (χ0) is 15.1. The van der Waals surface area contributed by atoms with Gasteiger partial charge in [-0.15, -0.1) is 0 Å². The highest BCUT2D eigenvalue weighted by atomic mass is 16.5. The molecule has 0 aliphatic carbocycles. The van der Waals surface area contributed by atoms with Crippen molar-refractivity contribution in [2.75, 3.05) is 25.1 Å². The quantitative estimate of drug-likeness (QED) is 0.812. The molecule has 5 heteroatoms. The van der Waals surface area contributed by atoms with Gasteiger partial charge >= 0.3 is 0 Å². The first-order valence-electron chi connectivity index (χ1n) is 7.35. The van der Waals surface area contributed by atoms with Gasteiger partial charge < -0.3 is 14.8 Å². The summed E-state index contributed by atoms with van der Waals surface area (Å²) in [5.74, 6) is 1.57. The monoisotopic (exact) mass is 289 g/mol. The minimum absolute atomic E-state index is 0.624. The summed E-state index contributed by atoms with van der Waals surface area (Å²) in [6, 6.07) is 7.97. The largest absolute Gasteiger partial charge is 0.490 e. The summed E-state index contributed by atoms with van der Waals surface area (Å²) in [6.07, 6.45) is 2.74. The van der Waals surface area contributed by atoms with Crippen molar-refractivity contribution in [1.29, 1.82) is 0 Å². The van der Waals surface area contributed by atoms with Crippen LogP contribution in [0.15, 0.2) is 30.5 Å². The summed E-state index contributed by atoms with van der Waals surface area (Å²) in [5.41, 5.74) is 2.24. The fourth-order valence-electron chi connectivity index (χ4n) is 2.14. The molecule has 0 bridgehead atoms. The molecule has 1 heterocycles. The number of nitrogens with zero attached hydrogens (tertiary/aromatic N) is 2. The lowest BCUT2D eigenvalue weighted by Gasteiger charge is -2.13. The van der Waals surface area contributed by atoms with E-state index in [9.17, 15) is 0 Å². The van der Waals surface area contributed by atoms with Crippen LogP contribution in [0.5, 0.6) is 11.5 Å². The normalized spacial score (nSPS) is 10.4. The molecule has 114 valence electrons. The number of hydrogen-bond donors (Lipinski definition) is 1. The Morgan fingerprint density at radius 3 is 2.52 bits per heavy atom. The molecule has 5 nitrogen and oxygen atoms in total. The summed E-state index contributed by atoms with van der Waals surface area (Å²) in [6.45, 7) is 6.04. The predicted molar refractivity (Wildman–Crippen MR) is 84.2 cm³/mol. The molecule has 2 rings (SSSR count). The molecule has 0 unspecified atom stereocenters. The van der Waals surface area contributed by atoms with Gasteiger partial charge in [-0.1, -0.05) is 0 Å². The number of aryl methyl sites for hydroxylation is 1. The van der Waals surface area contributed by atoms with Gasteiger partial charge in [0.2, 0.25) is 0 Å². The van der Waals surface area contributed by atoms with Crippen molar-refractivity contribution < 1.29 is 9.47 Å².